The van der Waals surface area contributed by atoms with E-state index in [1.165, 1.54) is 0 Å². The molecule has 88 valence electrons. The molecule has 17 heavy (non-hydrogen) atoms. The molecule has 0 saturated heterocycles. The van der Waals surface area contributed by atoms with Crippen LogP contribution in [0.15, 0.2) is 4.79 Å². The van der Waals surface area contributed by atoms with Crippen molar-refractivity contribution in [3.63, 3.8) is 0 Å². The number of nitrogens with zero attached hydrogens (tertiary/aromatic N) is 1. The number of carbonyl (C=O) groups excluding carboxylic acids is 1. The van der Waals surface area contributed by atoms with Gasteiger partial charge in [0.05, 0.1) is 5.56 Å². The smallest absolute Gasteiger partial charge is 0.262 e. The van der Waals surface area contributed by atoms with Gasteiger partial charge in [-0.05, 0) is 30.7 Å². The number of amides is 1. The second-order valence-electron chi connectivity index (χ2n) is 4.49. The van der Waals surface area contributed by atoms with E-state index < -0.39 is 11.5 Å². The summed E-state index contributed by atoms with van der Waals surface area (Å²) in [6, 6.07) is 1.95. The third-order valence-corrected chi connectivity index (χ3v) is 3.21. The number of aryl methyl sites for hydroxylation is 1. The Morgan fingerprint density at radius 2 is 2.29 bits per heavy atom. The fourth-order valence-electron chi connectivity index (χ4n) is 2.33. The zero-order valence-electron chi connectivity index (χ0n) is 9.54. The van der Waals surface area contributed by atoms with E-state index in [4.69, 9.17) is 11.0 Å². The Bertz CT molecular complexity index is 581. The molecule has 1 aromatic heterocycles. The summed E-state index contributed by atoms with van der Waals surface area (Å²) in [5, 5.41) is 9.12. The first kappa shape index (κ1) is 11.4. The van der Waals surface area contributed by atoms with Gasteiger partial charge in [0.1, 0.15) is 11.6 Å². The molecule has 0 saturated carbocycles. The molecule has 0 bridgehead atoms. The Balaban J connectivity index is 2.75. The number of nitrogens with one attached hydrogen (secondary N) is 1. The summed E-state index contributed by atoms with van der Waals surface area (Å²) in [6.45, 7) is 2.08. The summed E-state index contributed by atoms with van der Waals surface area (Å²) >= 11 is 0. The standard InChI is InChI=1S/C12H13N3O2/c1-6-2-3-9-7(4-6)8(5-13)10(11(14)16)12(17)15-9/h6H,2-4H2,1H3,(H2,14,16)(H,15,17). The van der Waals surface area contributed by atoms with E-state index in [0.29, 0.717) is 12.3 Å². The molecular formula is C12H13N3O2. The second-order valence-corrected chi connectivity index (χ2v) is 4.49. The SMILES string of the molecule is CC1CCc2[nH]c(=O)c(C(N)=O)c(C#N)c2C1. The molecule has 1 atom stereocenters. The van der Waals surface area contributed by atoms with E-state index in [-0.39, 0.29) is 11.1 Å². The molecule has 1 heterocycles. The number of primary amides is 1. The van der Waals surface area contributed by atoms with Gasteiger partial charge in [0.25, 0.3) is 11.5 Å². The van der Waals surface area contributed by atoms with Crippen LogP contribution < -0.4 is 11.3 Å². The number of nitriles is 1. The number of carbonyl (C=O) groups is 1. The highest BCUT2D eigenvalue weighted by Crippen LogP contribution is 2.26. The number of pyridine rings is 1. The molecule has 0 spiro atoms. The fourth-order valence-corrected chi connectivity index (χ4v) is 2.33. The van der Waals surface area contributed by atoms with Gasteiger partial charge in [-0.25, -0.2) is 0 Å². The van der Waals surface area contributed by atoms with Crippen LogP contribution in [0, 0.1) is 17.2 Å². The average Bonchev–Trinajstić information content (AvgIpc) is 2.27. The molecule has 1 unspecified atom stereocenters. The highest BCUT2D eigenvalue weighted by molar-refractivity contribution is 5.95. The first-order chi connectivity index (χ1) is 8.04. The van der Waals surface area contributed by atoms with Crippen molar-refractivity contribution in [2.45, 2.75) is 26.2 Å². The molecule has 2 rings (SSSR count). The molecule has 0 radical (unpaired) electrons. The van der Waals surface area contributed by atoms with E-state index in [1.54, 1.807) is 0 Å². The van der Waals surface area contributed by atoms with E-state index in [0.717, 1.165) is 24.1 Å². The van der Waals surface area contributed by atoms with Crippen LogP contribution in [0.3, 0.4) is 0 Å². The van der Waals surface area contributed by atoms with Crippen molar-refractivity contribution in [3.05, 3.63) is 32.7 Å². The predicted molar refractivity (Wildman–Crippen MR) is 61.5 cm³/mol. The summed E-state index contributed by atoms with van der Waals surface area (Å²) in [6.07, 6.45) is 2.42. The lowest BCUT2D eigenvalue weighted by Gasteiger charge is -2.22. The van der Waals surface area contributed by atoms with Gasteiger partial charge < -0.3 is 10.7 Å². The molecule has 1 aliphatic carbocycles. The second kappa shape index (κ2) is 4.06. The van der Waals surface area contributed by atoms with Gasteiger partial charge in [-0.2, -0.15) is 5.26 Å². The monoisotopic (exact) mass is 231 g/mol. The quantitative estimate of drug-likeness (QED) is 0.734. The number of aromatic nitrogens is 1. The molecule has 1 aliphatic rings. The average molecular weight is 231 g/mol. The summed E-state index contributed by atoms with van der Waals surface area (Å²) in [5.41, 5.74) is 6.09. The van der Waals surface area contributed by atoms with Crippen LogP contribution in [0.1, 0.15) is 40.5 Å². The Morgan fingerprint density at radius 3 is 2.88 bits per heavy atom. The molecule has 0 aromatic carbocycles. The van der Waals surface area contributed by atoms with E-state index in [1.807, 2.05) is 6.07 Å². The molecule has 1 amide bonds. The van der Waals surface area contributed by atoms with Crippen molar-refractivity contribution in [2.75, 3.05) is 0 Å². The molecular weight excluding hydrogens is 218 g/mol. The number of rotatable bonds is 1. The summed E-state index contributed by atoms with van der Waals surface area (Å²) in [4.78, 5) is 25.6. The van der Waals surface area contributed by atoms with Crippen molar-refractivity contribution >= 4 is 5.91 Å². The minimum atomic E-state index is -0.844. The third-order valence-electron chi connectivity index (χ3n) is 3.21. The maximum Gasteiger partial charge on any atom is 0.262 e. The molecule has 5 nitrogen and oxygen atoms in total. The van der Waals surface area contributed by atoms with Crippen LogP contribution in [0.25, 0.3) is 0 Å². The van der Waals surface area contributed by atoms with Gasteiger partial charge in [-0.1, -0.05) is 6.92 Å². The van der Waals surface area contributed by atoms with Gasteiger partial charge in [0.2, 0.25) is 0 Å². The number of aromatic amines is 1. The van der Waals surface area contributed by atoms with Gasteiger partial charge in [-0.3, -0.25) is 9.59 Å². The van der Waals surface area contributed by atoms with Gasteiger partial charge in [-0.15, -0.1) is 0 Å². The minimum Gasteiger partial charge on any atom is -0.365 e. The third kappa shape index (κ3) is 1.82. The lowest BCUT2D eigenvalue weighted by Crippen LogP contribution is -2.30. The van der Waals surface area contributed by atoms with Crippen LogP contribution in [0.5, 0.6) is 0 Å². The van der Waals surface area contributed by atoms with Crippen molar-refractivity contribution < 1.29 is 4.79 Å². The van der Waals surface area contributed by atoms with Crippen molar-refractivity contribution in [2.24, 2.45) is 11.7 Å². The van der Waals surface area contributed by atoms with Gasteiger partial charge in [0.15, 0.2) is 0 Å². The Morgan fingerprint density at radius 1 is 1.59 bits per heavy atom. The predicted octanol–water partition coefficient (Wildman–Crippen LogP) is 0.470. The van der Waals surface area contributed by atoms with Crippen molar-refractivity contribution in [1.29, 1.82) is 5.26 Å². The normalized spacial score (nSPS) is 18.2. The van der Waals surface area contributed by atoms with Crippen LogP contribution in [0.4, 0.5) is 0 Å². The van der Waals surface area contributed by atoms with Crippen LogP contribution >= 0.6 is 0 Å². The maximum absolute atomic E-state index is 11.7. The lowest BCUT2D eigenvalue weighted by atomic mass is 9.84. The van der Waals surface area contributed by atoms with Crippen molar-refractivity contribution in [3.8, 4) is 6.07 Å². The van der Waals surface area contributed by atoms with Crippen LogP contribution in [-0.4, -0.2) is 10.9 Å². The summed E-state index contributed by atoms with van der Waals surface area (Å²) in [7, 11) is 0. The largest absolute Gasteiger partial charge is 0.365 e. The first-order valence-corrected chi connectivity index (χ1v) is 5.52. The highest BCUT2D eigenvalue weighted by atomic mass is 16.2. The Kier molecular flexibility index (Phi) is 2.72. The topological polar surface area (TPSA) is 99.7 Å². The lowest BCUT2D eigenvalue weighted by molar-refractivity contribution is 0.0998. The van der Waals surface area contributed by atoms with E-state index >= 15 is 0 Å². The molecule has 3 N–H and O–H groups in total. The summed E-state index contributed by atoms with van der Waals surface area (Å²) < 4.78 is 0. The van der Waals surface area contributed by atoms with Crippen LogP contribution in [-0.2, 0) is 12.8 Å². The number of hydrogen-bond donors (Lipinski definition) is 2. The Hall–Kier alpha value is -2.09. The number of H-pyrrole nitrogens is 1. The highest BCUT2D eigenvalue weighted by Gasteiger charge is 2.24. The van der Waals surface area contributed by atoms with Gasteiger partial charge >= 0.3 is 0 Å². The molecule has 0 fully saturated rings. The zero-order chi connectivity index (χ0) is 12.6. The zero-order valence-corrected chi connectivity index (χ0v) is 9.54. The number of nitrogens with two attached hydrogens (primary N) is 1. The number of hydrogen-bond acceptors (Lipinski definition) is 3. The number of fused-ring (bicyclic) bond motifs is 1. The van der Waals surface area contributed by atoms with E-state index in [2.05, 4.69) is 11.9 Å². The van der Waals surface area contributed by atoms with E-state index in [9.17, 15) is 9.59 Å². The fraction of sp³-hybridized carbons (Fsp3) is 0.417. The molecule has 0 aliphatic heterocycles. The summed E-state index contributed by atoms with van der Waals surface area (Å²) in [5.74, 6) is -0.398. The Labute approximate surface area is 98.3 Å². The maximum atomic E-state index is 11.7. The molecule has 5 heteroatoms. The van der Waals surface area contributed by atoms with Crippen LogP contribution in [0.2, 0.25) is 0 Å². The minimum absolute atomic E-state index is 0.155. The first-order valence-electron chi connectivity index (χ1n) is 5.52. The van der Waals surface area contributed by atoms with Gasteiger partial charge in [0, 0.05) is 5.69 Å². The molecule has 1 aromatic rings. The van der Waals surface area contributed by atoms with Crippen molar-refractivity contribution in [1.82, 2.24) is 4.98 Å².